The smallest absolute Gasteiger partial charge is 0.123 e. The van der Waals surface area contributed by atoms with Gasteiger partial charge in [-0.2, -0.15) is 0 Å². The van der Waals surface area contributed by atoms with Crippen LogP contribution in [0.5, 0.6) is 0 Å². The summed E-state index contributed by atoms with van der Waals surface area (Å²) in [7, 11) is 0. The number of benzene rings is 1. The van der Waals surface area contributed by atoms with Gasteiger partial charge in [-0.25, -0.2) is 4.39 Å². The SMILES string of the molecule is C[C@@H](N)c1cc(F)ccc1N1CC(CO)OC(C)(C)C1. The molecule has 0 aromatic heterocycles. The Hall–Kier alpha value is -1.17. The quantitative estimate of drug-likeness (QED) is 0.888. The van der Waals surface area contributed by atoms with E-state index in [1.165, 1.54) is 12.1 Å². The molecule has 1 aliphatic rings. The summed E-state index contributed by atoms with van der Waals surface area (Å²) in [6, 6.07) is 4.43. The lowest BCUT2D eigenvalue weighted by Crippen LogP contribution is -2.54. The fraction of sp³-hybridized carbons (Fsp3) is 0.600. The van der Waals surface area contributed by atoms with Crippen molar-refractivity contribution in [1.82, 2.24) is 0 Å². The van der Waals surface area contributed by atoms with Crippen molar-refractivity contribution >= 4 is 5.69 Å². The van der Waals surface area contributed by atoms with Crippen molar-refractivity contribution in [3.05, 3.63) is 29.6 Å². The fourth-order valence-electron chi connectivity index (χ4n) is 2.75. The zero-order valence-electron chi connectivity index (χ0n) is 12.3. The Balaban J connectivity index is 2.35. The van der Waals surface area contributed by atoms with Gasteiger partial charge in [0, 0.05) is 24.8 Å². The Morgan fingerprint density at radius 3 is 2.85 bits per heavy atom. The minimum absolute atomic E-state index is 0.0331. The second-order valence-electron chi connectivity index (χ2n) is 6.05. The molecule has 0 saturated carbocycles. The van der Waals surface area contributed by atoms with Crippen LogP contribution in [-0.2, 0) is 4.74 Å². The minimum atomic E-state index is -0.366. The van der Waals surface area contributed by atoms with Crippen LogP contribution in [0.25, 0.3) is 0 Å². The summed E-state index contributed by atoms with van der Waals surface area (Å²) >= 11 is 0. The summed E-state index contributed by atoms with van der Waals surface area (Å²) < 4.78 is 19.2. The van der Waals surface area contributed by atoms with E-state index in [4.69, 9.17) is 10.5 Å². The molecule has 3 N–H and O–H groups in total. The zero-order chi connectivity index (χ0) is 14.9. The molecule has 0 spiro atoms. The third-order valence-corrected chi connectivity index (χ3v) is 3.51. The number of ether oxygens (including phenoxy) is 1. The Morgan fingerprint density at radius 1 is 1.55 bits per heavy atom. The molecule has 0 radical (unpaired) electrons. The molecule has 2 atom stereocenters. The van der Waals surface area contributed by atoms with Gasteiger partial charge in [0.15, 0.2) is 0 Å². The molecule has 1 saturated heterocycles. The molecule has 0 bridgehead atoms. The lowest BCUT2D eigenvalue weighted by Gasteiger charge is -2.44. The van der Waals surface area contributed by atoms with E-state index in [1.54, 1.807) is 6.07 Å². The maximum absolute atomic E-state index is 13.4. The highest BCUT2D eigenvalue weighted by Gasteiger charge is 2.34. The van der Waals surface area contributed by atoms with Gasteiger partial charge in [0.2, 0.25) is 0 Å². The third kappa shape index (κ3) is 3.29. The second-order valence-corrected chi connectivity index (χ2v) is 6.05. The average molecular weight is 282 g/mol. The topological polar surface area (TPSA) is 58.7 Å². The van der Waals surface area contributed by atoms with Crippen LogP contribution in [0.2, 0.25) is 0 Å². The van der Waals surface area contributed by atoms with Crippen molar-refractivity contribution in [2.24, 2.45) is 5.73 Å². The van der Waals surface area contributed by atoms with E-state index >= 15 is 0 Å². The maximum Gasteiger partial charge on any atom is 0.123 e. The van der Waals surface area contributed by atoms with Gasteiger partial charge in [-0.05, 0) is 44.5 Å². The van der Waals surface area contributed by atoms with Crippen molar-refractivity contribution in [1.29, 1.82) is 0 Å². The standard InChI is InChI=1S/C15H23FN2O2/c1-10(17)13-6-11(16)4-5-14(13)18-7-12(8-19)20-15(2,3)9-18/h4-6,10,12,19H,7-9,17H2,1-3H3/t10-,12?/m1/s1. The van der Waals surface area contributed by atoms with E-state index in [-0.39, 0.29) is 30.2 Å². The van der Waals surface area contributed by atoms with E-state index in [0.717, 1.165) is 11.3 Å². The minimum Gasteiger partial charge on any atom is -0.394 e. The Labute approximate surface area is 119 Å². The normalized spacial score (nSPS) is 23.7. The first-order valence-electron chi connectivity index (χ1n) is 6.91. The van der Waals surface area contributed by atoms with Crippen molar-refractivity contribution in [2.45, 2.75) is 38.5 Å². The first-order valence-corrected chi connectivity index (χ1v) is 6.91. The van der Waals surface area contributed by atoms with Crippen LogP contribution < -0.4 is 10.6 Å². The predicted octanol–water partition coefficient (Wildman–Crippen LogP) is 1.82. The molecule has 1 aromatic rings. The van der Waals surface area contributed by atoms with Crippen molar-refractivity contribution < 1.29 is 14.2 Å². The first-order chi connectivity index (χ1) is 9.32. The summed E-state index contributed by atoms with van der Waals surface area (Å²) in [6.45, 7) is 7.02. The molecule has 1 aromatic carbocycles. The predicted molar refractivity (Wildman–Crippen MR) is 77.3 cm³/mol. The van der Waals surface area contributed by atoms with Crippen LogP contribution in [-0.4, -0.2) is 36.5 Å². The van der Waals surface area contributed by atoms with Gasteiger partial charge in [0.25, 0.3) is 0 Å². The van der Waals surface area contributed by atoms with E-state index in [0.29, 0.717) is 13.1 Å². The number of nitrogens with two attached hydrogens (primary N) is 1. The van der Waals surface area contributed by atoms with Crippen LogP contribution in [0.15, 0.2) is 18.2 Å². The van der Waals surface area contributed by atoms with E-state index in [2.05, 4.69) is 4.90 Å². The van der Waals surface area contributed by atoms with E-state index in [9.17, 15) is 9.50 Å². The largest absolute Gasteiger partial charge is 0.394 e. The monoisotopic (exact) mass is 282 g/mol. The fourth-order valence-corrected chi connectivity index (χ4v) is 2.75. The number of nitrogens with zero attached hydrogens (tertiary/aromatic N) is 1. The van der Waals surface area contributed by atoms with Crippen LogP contribution in [0, 0.1) is 5.82 Å². The molecule has 20 heavy (non-hydrogen) atoms. The highest BCUT2D eigenvalue weighted by atomic mass is 19.1. The Morgan fingerprint density at radius 2 is 2.25 bits per heavy atom. The summed E-state index contributed by atoms with van der Waals surface area (Å²) in [4.78, 5) is 2.11. The molecule has 112 valence electrons. The van der Waals surface area contributed by atoms with Gasteiger partial charge in [0.1, 0.15) is 5.82 Å². The number of hydrogen-bond donors (Lipinski definition) is 2. The molecule has 1 aliphatic heterocycles. The molecule has 1 unspecified atom stereocenters. The summed E-state index contributed by atoms with van der Waals surface area (Å²) in [5, 5.41) is 9.37. The van der Waals surface area contributed by atoms with Gasteiger partial charge in [0.05, 0.1) is 18.3 Å². The average Bonchev–Trinajstić information content (AvgIpc) is 2.36. The van der Waals surface area contributed by atoms with Crippen LogP contribution in [0.1, 0.15) is 32.4 Å². The molecular weight excluding hydrogens is 259 g/mol. The van der Waals surface area contributed by atoms with Crippen molar-refractivity contribution in [2.75, 3.05) is 24.6 Å². The highest BCUT2D eigenvalue weighted by Crippen LogP contribution is 2.31. The molecular formula is C15H23FN2O2. The Bertz CT molecular complexity index is 477. The molecule has 1 fully saturated rings. The molecule has 2 rings (SSSR count). The van der Waals surface area contributed by atoms with E-state index < -0.39 is 0 Å². The number of aliphatic hydroxyl groups is 1. The van der Waals surface area contributed by atoms with Gasteiger partial charge >= 0.3 is 0 Å². The summed E-state index contributed by atoms with van der Waals surface area (Å²) in [5.41, 5.74) is 7.28. The number of halogens is 1. The zero-order valence-corrected chi connectivity index (χ0v) is 12.3. The van der Waals surface area contributed by atoms with Gasteiger partial charge < -0.3 is 20.5 Å². The number of aliphatic hydroxyl groups excluding tert-OH is 1. The van der Waals surface area contributed by atoms with Crippen molar-refractivity contribution in [3.63, 3.8) is 0 Å². The molecule has 5 heteroatoms. The van der Waals surface area contributed by atoms with Crippen LogP contribution in [0.4, 0.5) is 10.1 Å². The van der Waals surface area contributed by atoms with Gasteiger partial charge in [-0.1, -0.05) is 0 Å². The summed E-state index contributed by atoms with van der Waals surface area (Å²) in [5.74, 6) is -0.285. The van der Waals surface area contributed by atoms with Gasteiger partial charge in [-0.3, -0.25) is 0 Å². The van der Waals surface area contributed by atoms with Crippen LogP contribution in [0.3, 0.4) is 0 Å². The lowest BCUT2D eigenvalue weighted by molar-refractivity contribution is -0.101. The number of morpholine rings is 1. The number of hydrogen-bond acceptors (Lipinski definition) is 4. The lowest BCUT2D eigenvalue weighted by atomic mass is 10.0. The number of rotatable bonds is 3. The van der Waals surface area contributed by atoms with Crippen LogP contribution >= 0.6 is 0 Å². The van der Waals surface area contributed by atoms with Crippen molar-refractivity contribution in [3.8, 4) is 0 Å². The van der Waals surface area contributed by atoms with E-state index in [1.807, 2.05) is 20.8 Å². The molecule has 0 amide bonds. The second kappa shape index (κ2) is 5.68. The summed E-state index contributed by atoms with van der Waals surface area (Å²) in [6.07, 6.45) is -0.246. The maximum atomic E-state index is 13.4. The molecule has 4 nitrogen and oxygen atoms in total. The molecule has 1 heterocycles. The number of anilines is 1. The van der Waals surface area contributed by atoms with Gasteiger partial charge in [-0.15, -0.1) is 0 Å². The first kappa shape index (κ1) is 15.2. The Kier molecular flexibility index (Phi) is 4.32. The molecule has 0 aliphatic carbocycles. The third-order valence-electron chi connectivity index (χ3n) is 3.51. The highest BCUT2D eigenvalue weighted by molar-refractivity contribution is 5.56.